The number of hydrogen-bond acceptors (Lipinski definition) is 3. The Kier molecular flexibility index (Phi) is 4.81. The van der Waals surface area contributed by atoms with Gasteiger partial charge in [0, 0.05) is 42.7 Å². The average Bonchev–Trinajstić information content (AvgIpc) is 3.24. The number of pyridine rings is 1. The maximum atomic E-state index is 12.6. The van der Waals surface area contributed by atoms with Gasteiger partial charge < -0.3 is 14.6 Å². The number of anilines is 1. The minimum absolute atomic E-state index is 0.0521. The molecule has 2 saturated carbocycles. The summed E-state index contributed by atoms with van der Waals surface area (Å²) in [4.78, 5) is 25.2. The molecule has 2 aliphatic carbocycles. The highest BCUT2D eigenvalue weighted by molar-refractivity contribution is 6.01. The summed E-state index contributed by atoms with van der Waals surface area (Å²) in [5.74, 6) is 2.20. The van der Waals surface area contributed by atoms with E-state index >= 15 is 0 Å². The number of hydrogen-bond donors (Lipinski definition) is 1. The molecule has 2 fully saturated rings. The normalized spacial score (nSPS) is 24.3. The highest BCUT2D eigenvalue weighted by atomic mass is 16.5. The number of rotatable bonds is 6. The number of nitrogens with zero attached hydrogens (tertiary/aromatic N) is 1. The number of ether oxygens (including phenoxy) is 1. The monoisotopic (exact) mass is 354 g/mol. The van der Waals surface area contributed by atoms with E-state index in [0.717, 1.165) is 22.9 Å². The summed E-state index contributed by atoms with van der Waals surface area (Å²) < 4.78 is 6.70. The maximum Gasteiger partial charge on any atom is 0.258 e. The Labute approximate surface area is 153 Å². The summed E-state index contributed by atoms with van der Waals surface area (Å²) in [5.41, 5.74) is 0.676. The fraction of sp³-hybridized carbons (Fsp3) is 0.524. The number of benzene rings is 1. The summed E-state index contributed by atoms with van der Waals surface area (Å²) >= 11 is 0. The standard InChI is InChI=1S/C21H26N2O3/c1-26-10-9-23-8-7-17-18(21(23)25)3-2-4-19(17)22-20(24)13-16-12-14-5-6-15(16)11-14/h2-4,7-8,14-16H,5-6,9-13H2,1H3,(H,22,24)/t14?,15-,16?/m0/s1. The maximum absolute atomic E-state index is 12.6. The third kappa shape index (κ3) is 3.28. The van der Waals surface area contributed by atoms with E-state index in [1.54, 1.807) is 17.9 Å². The number of methoxy groups -OCH3 is 1. The van der Waals surface area contributed by atoms with Crippen LogP contribution in [0.1, 0.15) is 32.1 Å². The predicted molar refractivity (Wildman–Crippen MR) is 102 cm³/mol. The Bertz CT molecular complexity index is 873. The topological polar surface area (TPSA) is 60.3 Å². The van der Waals surface area contributed by atoms with Gasteiger partial charge in [-0.3, -0.25) is 9.59 Å². The molecule has 1 heterocycles. The average molecular weight is 354 g/mol. The molecule has 0 aliphatic heterocycles. The van der Waals surface area contributed by atoms with Gasteiger partial charge in [0.25, 0.3) is 5.56 Å². The highest BCUT2D eigenvalue weighted by Crippen LogP contribution is 2.49. The Hall–Kier alpha value is -2.14. The zero-order valence-corrected chi connectivity index (χ0v) is 15.2. The first-order valence-electron chi connectivity index (χ1n) is 9.56. The van der Waals surface area contributed by atoms with Crippen molar-refractivity contribution in [1.82, 2.24) is 4.57 Å². The minimum Gasteiger partial charge on any atom is -0.383 e. The molecular weight excluding hydrogens is 328 g/mol. The van der Waals surface area contributed by atoms with Crippen molar-refractivity contribution in [2.45, 2.75) is 38.6 Å². The summed E-state index contributed by atoms with van der Waals surface area (Å²) in [5, 5.41) is 4.47. The van der Waals surface area contributed by atoms with Crippen molar-refractivity contribution >= 4 is 22.4 Å². The lowest BCUT2D eigenvalue weighted by atomic mass is 9.86. The van der Waals surface area contributed by atoms with E-state index in [2.05, 4.69) is 5.32 Å². The Balaban J connectivity index is 1.52. The predicted octanol–water partition coefficient (Wildman–Crippen LogP) is 3.41. The summed E-state index contributed by atoms with van der Waals surface area (Å²) in [6.07, 6.45) is 7.53. The molecule has 2 unspecified atom stereocenters. The molecule has 0 radical (unpaired) electrons. The first kappa shape index (κ1) is 17.3. The van der Waals surface area contributed by atoms with Crippen molar-refractivity contribution in [1.29, 1.82) is 0 Å². The van der Waals surface area contributed by atoms with Gasteiger partial charge in [-0.2, -0.15) is 0 Å². The van der Waals surface area contributed by atoms with Crippen LogP contribution in [0.25, 0.3) is 10.8 Å². The molecule has 1 aromatic heterocycles. The van der Waals surface area contributed by atoms with Crippen LogP contribution < -0.4 is 10.9 Å². The zero-order valence-electron chi connectivity index (χ0n) is 15.2. The fourth-order valence-corrected chi connectivity index (χ4v) is 4.86. The molecule has 1 amide bonds. The molecule has 4 rings (SSSR count). The van der Waals surface area contributed by atoms with Crippen molar-refractivity contribution in [3.63, 3.8) is 0 Å². The van der Waals surface area contributed by atoms with E-state index in [-0.39, 0.29) is 11.5 Å². The van der Waals surface area contributed by atoms with Crippen LogP contribution in [0.2, 0.25) is 0 Å². The largest absolute Gasteiger partial charge is 0.383 e. The van der Waals surface area contributed by atoms with Gasteiger partial charge in [0.05, 0.1) is 6.61 Å². The first-order chi connectivity index (χ1) is 12.7. The third-order valence-corrected chi connectivity index (χ3v) is 6.16. The van der Waals surface area contributed by atoms with Gasteiger partial charge in [-0.05, 0) is 55.2 Å². The molecule has 1 aromatic carbocycles. The Morgan fingerprint density at radius 3 is 2.85 bits per heavy atom. The Morgan fingerprint density at radius 2 is 2.12 bits per heavy atom. The lowest BCUT2D eigenvalue weighted by Crippen LogP contribution is -2.23. The van der Waals surface area contributed by atoms with Crippen LogP contribution in [0.5, 0.6) is 0 Å². The second-order valence-electron chi connectivity index (χ2n) is 7.76. The van der Waals surface area contributed by atoms with Crippen molar-refractivity contribution in [3.05, 3.63) is 40.8 Å². The quantitative estimate of drug-likeness (QED) is 0.865. The highest BCUT2D eigenvalue weighted by Gasteiger charge is 2.40. The number of nitrogens with one attached hydrogen (secondary N) is 1. The third-order valence-electron chi connectivity index (χ3n) is 6.16. The molecular formula is C21H26N2O3. The van der Waals surface area contributed by atoms with Crippen molar-refractivity contribution in [2.75, 3.05) is 19.0 Å². The van der Waals surface area contributed by atoms with E-state index in [1.165, 1.54) is 25.7 Å². The fourth-order valence-electron chi connectivity index (χ4n) is 4.86. The van der Waals surface area contributed by atoms with E-state index < -0.39 is 0 Å². The molecule has 5 heteroatoms. The van der Waals surface area contributed by atoms with Crippen LogP contribution >= 0.6 is 0 Å². The summed E-state index contributed by atoms with van der Waals surface area (Å²) in [7, 11) is 1.62. The minimum atomic E-state index is -0.0521. The van der Waals surface area contributed by atoms with Gasteiger partial charge in [-0.15, -0.1) is 0 Å². The lowest BCUT2D eigenvalue weighted by Gasteiger charge is -2.21. The van der Waals surface area contributed by atoms with E-state index in [4.69, 9.17) is 4.74 Å². The number of carbonyl (C=O) groups excluding carboxylic acids is 1. The molecule has 0 saturated heterocycles. The molecule has 26 heavy (non-hydrogen) atoms. The van der Waals surface area contributed by atoms with Crippen LogP contribution in [-0.4, -0.2) is 24.2 Å². The molecule has 2 aliphatic rings. The second kappa shape index (κ2) is 7.23. The van der Waals surface area contributed by atoms with Crippen LogP contribution in [0.4, 0.5) is 5.69 Å². The molecule has 0 spiro atoms. The number of amides is 1. The van der Waals surface area contributed by atoms with Gasteiger partial charge in [0.15, 0.2) is 0 Å². The van der Waals surface area contributed by atoms with E-state index in [9.17, 15) is 9.59 Å². The van der Waals surface area contributed by atoms with Gasteiger partial charge >= 0.3 is 0 Å². The molecule has 138 valence electrons. The molecule has 1 N–H and O–H groups in total. The van der Waals surface area contributed by atoms with Crippen molar-refractivity contribution < 1.29 is 9.53 Å². The second-order valence-corrected chi connectivity index (χ2v) is 7.76. The Morgan fingerprint density at radius 1 is 1.23 bits per heavy atom. The first-order valence-corrected chi connectivity index (χ1v) is 9.56. The van der Waals surface area contributed by atoms with Gasteiger partial charge in [-0.1, -0.05) is 12.5 Å². The van der Waals surface area contributed by atoms with Gasteiger partial charge in [0.2, 0.25) is 5.91 Å². The molecule has 5 nitrogen and oxygen atoms in total. The van der Waals surface area contributed by atoms with E-state index in [1.807, 2.05) is 24.3 Å². The molecule has 3 atom stereocenters. The SMILES string of the molecule is COCCn1ccc2c(NC(=O)CC3CC4CC[C@H]3C4)cccc2c1=O. The number of fused-ring (bicyclic) bond motifs is 3. The van der Waals surface area contributed by atoms with Crippen molar-refractivity contribution in [2.24, 2.45) is 17.8 Å². The van der Waals surface area contributed by atoms with Crippen LogP contribution in [-0.2, 0) is 16.1 Å². The molecule has 2 bridgehead atoms. The summed E-state index contributed by atoms with van der Waals surface area (Å²) in [6.45, 7) is 1.01. The summed E-state index contributed by atoms with van der Waals surface area (Å²) in [6, 6.07) is 7.42. The zero-order chi connectivity index (χ0) is 18.1. The van der Waals surface area contributed by atoms with Gasteiger partial charge in [0.1, 0.15) is 0 Å². The smallest absolute Gasteiger partial charge is 0.258 e. The lowest BCUT2D eigenvalue weighted by molar-refractivity contribution is -0.117. The van der Waals surface area contributed by atoms with Crippen LogP contribution in [0.15, 0.2) is 35.3 Å². The molecule has 2 aromatic rings. The van der Waals surface area contributed by atoms with Crippen molar-refractivity contribution in [3.8, 4) is 0 Å². The number of carbonyl (C=O) groups is 1. The van der Waals surface area contributed by atoms with E-state index in [0.29, 0.717) is 30.9 Å². The number of aromatic nitrogens is 1. The van der Waals surface area contributed by atoms with Gasteiger partial charge in [-0.25, -0.2) is 0 Å². The van der Waals surface area contributed by atoms with Crippen LogP contribution in [0.3, 0.4) is 0 Å². The van der Waals surface area contributed by atoms with Crippen LogP contribution in [0, 0.1) is 17.8 Å².